The Bertz CT molecular complexity index is 293. The molecule has 1 heterocycles. The molecule has 0 aliphatic carbocycles. The van der Waals surface area contributed by atoms with E-state index in [0.717, 1.165) is 4.73 Å². The molecule has 2 N–H and O–H groups in total. The molecule has 0 unspecified atom stereocenters. The Morgan fingerprint density at radius 2 is 2.00 bits per heavy atom. The summed E-state index contributed by atoms with van der Waals surface area (Å²) in [5.41, 5.74) is 0.541. The lowest BCUT2D eigenvalue weighted by Crippen LogP contribution is -2.32. The first kappa shape index (κ1) is 9.51. The van der Waals surface area contributed by atoms with E-state index in [0.29, 0.717) is 5.56 Å². The molecule has 0 aliphatic heterocycles. The van der Waals surface area contributed by atoms with E-state index in [9.17, 15) is 4.79 Å². The van der Waals surface area contributed by atoms with Crippen LogP contribution in [0.3, 0.4) is 0 Å². The Morgan fingerprint density at radius 3 is 2.46 bits per heavy atom. The highest BCUT2D eigenvalue weighted by Crippen LogP contribution is 1.95. The molecule has 13 heavy (non-hydrogen) atoms. The summed E-state index contributed by atoms with van der Waals surface area (Å²) >= 11 is 0. The molecule has 4 nitrogen and oxygen atoms in total. The third-order valence-electron chi connectivity index (χ3n) is 1.50. The zero-order valence-corrected chi connectivity index (χ0v) is 7.69. The van der Waals surface area contributed by atoms with Crippen molar-refractivity contribution in [3.05, 3.63) is 30.1 Å². The van der Waals surface area contributed by atoms with E-state index in [1.807, 2.05) is 13.8 Å². The van der Waals surface area contributed by atoms with Crippen LogP contribution in [0.4, 0.5) is 0 Å². The van der Waals surface area contributed by atoms with Gasteiger partial charge >= 0.3 is 0 Å². The number of amides is 1. The van der Waals surface area contributed by atoms with Crippen LogP contribution in [0.25, 0.3) is 0 Å². The molecule has 0 aromatic carbocycles. The summed E-state index contributed by atoms with van der Waals surface area (Å²) in [5.74, 6) is -0.129. The van der Waals surface area contributed by atoms with Gasteiger partial charge in [-0.2, -0.15) is 0 Å². The average Bonchev–Trinajstić information content (AvgIpc) is 2.04. The topological polar surface area (TPSA) is 53.2 Å². The van der Waals surface area contributed by atoms with E-state index < -0.39 is 0 Å². The van der Waals surface area contributed by atoms with E-state index in [4.69, 9.17) is 5.21 Å². The van der Waals surface area contributed by atoms with Crippen LogP contribution in [0.5, 0.6) is 0 Å². The van der Waals surface area contributed by atoms with Crippen molar-refractivity contribution < 1.29 is 14.7 Å². The van der Waals surface area contributed by atoms with Crippen molar-refractivity contribution >= 4 is 5.91 Å². The van der Waals surface area contributed by atoms with Crippen molar-refractivity contribution in [1.82, 2.24) is 5.32 Å². The molecular formula is C9H13N2O2+. The van der Waals surface area contributed by atoms with Gasteiger partial charge in [0.2, 0.25) is 12.4 Å². The number of nitrogens with one attached hydrogen (secondary N) is 1. The Labute approximate surface area is 76.8 Å². The number of carbonyl (C=O) groups excluding carboxylic acids is 1. The largest absolute Gasteiger partial charge is 0.350 e. The quantitative estimate of drug-likeness (QED) is 0.511. The fourth-order valence-electron chi connectivity index (χ4n) is 0.915. The minimum Gasteiger partial charge on any atom is -0.350 e. The molecular weight excluding hydrogens is 168 g/mol. The van der Waals surface area contributed by atoms with Crippen LogP contribution < -0.4 is 10.0 Å². The predicted molar refractivity (Wildman–Crippen MR) is 46.4 cm³/mol. The number of carbonyl (C=O) groups is 1. The summed E-state index contributed by atoms with van der Waals surface area (Å²) in [6.07, 6.45) is 2.82. The molecule has 0 saturated heterocycles. The number of rotatable bonds is 2. The molecule has 0 radical (unpaired) electrons. The average molecular weight is 181 g/mol. The maximum absolute atomic E-state index is 11.4. The SMILES string of the molecule is CC(C)NC(=O)c1cc[n+](O)cc1. The Morgan fingerprint density at radius 1 is 1.46 bits per heavy atom. The van der Waals surface area contributed by atoms with Gasteiger partial charge in [0, 0.05) is 22.9 Å². The summed E-state index contributed by atoms with van der Waals surface area (Å²) in [4.78, 5) is 11.4. The van der Waals surface area contributed by atoms with E-state index in [-0.39, 0.29) is 11.9 Å². The van der Waals surface area contributed by atoms with E-state index >= 15 is 0 Å². The highest BCUT2D eigenvalue weighted by molar-refractivity contribution is 5.94. The molecule has 0 bridgehead atoms. The lowest BCUT2D eigenvalue weighted by atomic mass is 10.2. The van der Waals surface area contributed by atoms with E-state index in [1.165, 1.54) is 12.4 Å². The van der Waals surface area contributed by atoms with Gasteiger partial charge in [0.25, 0.3) is 5.91 Å². The van der Waals surface area contributed by atoms with Crippen LogP contribution in [0, 0.1) is 0 Å². The summed E-state index contributed by atoms with van der Waals surface area (Å²) in [5, 5.41) is 11.7. The number of hydrogen-bond donors (Lipinski definition) is 2. The third kappa shape index (κ3) is 2.74. The monoisotopic (exact) mass is 181 g/mol. The van der Waals surface area contributed by atoms with Crippen LogP contribution >= 0.6 is 0 Å². The second-order valence-electron chi connectivity index (χ2n) is 3.09. The molecule has 1 rings (SSSR count). The second-order valence-corrected chi connectivity index (χ2v) is 3.09. The summed E-state index contributed by atoms with van der Waals surface area (Å²) < 4.78 is 0.895. The molecule has 1 aromatic heterocycles. The van der Waals surface area contributed by atoms with Crippen LogP contribution in [-0.4, -0.2) is 17.2 Å². The minimum absolute atomic E-state index is 0.119. The van der Waals surface area contributed by atoms with Crippen LogP contribution in [0.15, 0.2) is 24.5 Å². The van der Waals surface area contributed by atoms with Gasteiger partial charge in [-0.1, -0.05) is 0 Å². The molecule has 1 amide bonds. The smallest absolute Gasteiger partial charge is 0.251 e. The Balaban J connectivity index is 2.72. The minimum atomic E-state index is -0.129. The highest BCUT2D eigenvalue weighted by Gasteiger charge is 2.08. The first-order valence-corrected chi connectivity index (χ1v) is 4.11. The first-order chi connectivity index (χ1) is 6.09. The fraction of sp³-hybridized carbons (Fsp3) is 0.333. The third-order valence-corrected chi connectivity index (χ3v) is 1.50. The predicted octanol–water partition coefficient (Wildman–Crippen LogP) is 0.350. The van der Waals surface area contributed by atoms with Crippen LogP contribution in [0.2, 0.25) is 0 Å². The van der Waals surface area contributed by atoms with Gasteiger partial charge in [-0.25, -0.2) is 0 Å². The lowest BCUT2D eigenvalue weighted by molar-refractivity contribution is -0.904. The first-order valence-electron chi connectivity index (χ1n) is 4.11. The van der Waals surface area contributed by atoms with Crippen molar-refractivity contribution in [1.29, 1.82) is 0 Å². The number of pyridine rings is 1. The molecule has 4 heteroatoms. The van der Waals surface area contributed by atoms with Gasteiger partial charge in [-0.3, -0.25) is 10.0 Å². The second kappa shape index (κ2) is 3.89. The molecule has 1 aromatic rings. The Kier molecular flexibility index (Phi) is 2.84. The van der Waals surface area contributed by atoms with Crippen molar-refractivity contribution in [2.75, 3.05) is 0 Å². The van der Waals surface area contributed by atoms with Gasteiger partial charge in [0.05, 0.1) is 5.56 Å². The molecule has 0 spiro atoms. The Hall–Kier alpha value is -1.58. The van der Waals surface area contributed by atoms with Crippen LogP contribution in [-0.2, 0) is 0 Å². The number of nitrogens with zero attached hydrogens (tertiary/aromatic N) is 1. The fourth-order valence-corrected chi connectivity index (χ4v) is 0.915. The van der Waals surface area contributed by atoms with Gasteiger partial charge in [-0.05, 0) is 13.8 Å². The normalized spacial score (nSPS) is 10.1. The standard InChI is InChI=1S/C9H12N2O2/c1-7(2)10-9(12)8-3-5-11(13)6-4-8/h3-7H,1-2H3,(H-,10,12,13)/p+1. The van der Waals surface area contributed by atoms with Gasteiger partial charge in [0.1, 0.15) is 0 Å². The van der Waals surface area contributed by atoms with Gasteiger partial charge in [0.15, 0.2) is 0 Å². The van der Waals surface area contributed by atoms with Crippen molar-refractivity contribution in [3.8, 4) is 0 Å². The zero-order valence-electron chi connectivity index (χ0n) is 7.69. The van der Waals surface area contributed by atoms with Crippen molar-refractivity contribution in [3.63, 3.8) is 0 Å². The number of hydrogen-bond acceptors (Lipinski definition) is 2. The molecule has 70 valence electrons. The molecule has 0 saturated carbocycles. The summed E-state index contributed by atoms with van der Waals surface area (Å²) in [6.45, 7) is 3.79. The van der Waals surface area contributed by atoms with Gasteiger partial charge in [-0.15, -0.1) is 0 Å². The van der Waals surface area contributed by atoms with Crippen molar-refractivity contribution in [2.24, 2.45) is 0 Å². The zero-order chi connectivity index (χ0) is 9.84. The molecule has 0 aliphatic rings. The molecule has 0 fully saturated rings. The van der Waals surface area contributed by atoms with Crippen LogP contribution in [0.1, 0.15) is 24.2 Å². The van der Waals surface area contributed by atoms with E-state index in [2.05, 4.69) is 5.32 Å². The summed E-state index contributed by atoms with van der Waals surface area (Å²) in [7, 11) is 0. The number of aromatic nitrogens is 1. The molecule has 0 atom stereocenters. The highest BCUT2D eigenvalue weighted by atomic mass is 16.5. The maximum Gasteiger partial charge on any atom is 0.251 e. The maximum atomic E-state index is 11.4. The van der Waals surface area contributed by atoms with Gasteiger partial charge < -0.3 is 5.32 Å². The lowest BCUT2D eigenvalue weighted by Gasteiger charge is -2.06. The van der Waals surface area contributed by atoms with E-state index in [1.54, 1.807) is 12.1 Å². The van der Waals surface area contributed by atoms with Crippen molar-refractivity contribution in [2.45, 2.75) is 19.9 Å². The summed E-state index contributed by atoms with van der Waals surface area (Å²) in [6, 6.07) is 3.23.